The van der Waals surface area contributed by atoms with Crippen LogP contribution in [-0.4, -0.2) is 18.0 Å². The Kier molecular flexibility index (Phi) is 4.74. The Labute approximate surface area is 122 Å². The molecule has 102 valence electrons. The molecular formula is C15H13ClN2O2. The molecule has 0 aliphatic heterocycles. The average molecular weight is 289 g/mol. The number of aromatic nitrogens is 1. The molecule has 0 unspecified atom stereocenters. The zero-order valence-corrected chi connectivity index (χ0v) is 11.6. The summed E-state index contributed by atoms with van der Waals surface area (Å²) in [5, 5.41) is 3.33. The van der Waals surface area contributed by atoms with Crippen LogP contribution in [0.2, 0.25) is 5.02 Å². The molecule has 1 aromatic carbocycles. The minimum absolute atomic E-state index is 0.239. The molecule has 0 atom stereocenters. The molecule has 0 spiro atoms. The van der Waals surface area contributed by atoms with Gasteiger partial charge in [-0.25, -0.2) is 4.98 Å². The van der Waals surface area contributed by atoms with E-state index in [0.29, 0.717) is 16.6 Å². The van der Waals surface area contributed by atoms with Gasteiger partial charge in [0.15, 0.2) is 0 Å². The number of ether oxygens (including phenoxy) is 1. The highest BCUT2D eigenvalue weighted by Gasteiger charge is 1.99. The summed E-state index contributed by atoms with van der Waals surface area (Å²) in [6, 6.07) is 10.6. The number of benzene rings is 1. The number of pyridine rings is 1. The van der Waals surface area contributed by atoms with Gasteiger partial charge in [0.05, 0.1) is 19.0 Å². The zero-order chi connectivity index (χ0) is 14.4. The normalized spacial score (nSPS) is 10.5. The lowest BCUT2D eigenvalue weighted by Crippen LogP contribution is -2.07. The van der Waals surface area contributed by atoms with Gasteiger partial charge in [-0.05, 0) is 29.8 Å². The standard InChI is InChI=1S/C15H13ClN2O2/c1-20-15-8-6-13(10-17-15)18-14(19)7-5-11-3-2-4-12(16)9-11/h2-10H,1H3,(H,18,19)/b7-5+. The van der Waals surface area contributed by atoms with Crippen molar-refractivity contribution in [2.24, 2.45) is 0 Å². The minimum Gasteiger partial charge on any atom is -0.481 e. The zero-order valence-electron chi connectivity index (χ0n) is 10.8. The fraction of sp³-hybridized carbons (Fsp3) is 0.0667. The molecule has 1 heterocycles. The molecule has 4 nitrogen and oxygen atoms in total. The summed E-state index contributed by atoms with van der Waals surface area (Å²) in [4.78, 5) is 15.7. The van der Waals surface area contributed by atoms with Crippen LogP contribution in [0.15, 0.2) is 48.7 Å². The maximum Gasteiger partial charge on any atom is 0.248 e. The van der Waals surface area contributed by atoms with Gasteiger partial charge in [-0.3, -0.25) is 4.79 Å². The van der Waals surface area contributed by atoms with E-state index in [1.165, 1.54) is 19.4 Å². The van der Waals surface area contributed by atoms with Crippen LogP contribution in [0.1, 0.15) is 5.56 Å². The Morgan fingerprint density at radius 3 is 2.85 bits per heavy atom. The summed E-state index contributed by atoms with van der Waals surface area (Å²) in [7, 11) is 1.54. The molecule has 20 heavy (non-hydrogen) atoms. The molecule has 1 aromatic heterocycles. The van der Waals surface area contributed by atoms with Gasteiger partial charge in [0, 0.05) is 17.2 Å². The quantitative estimate of drug-likeness (QED) is 0.877. The number of anilines is 1. The minimum atomic E-state index is -0.239. The summed E-state index contributed by atoms with van der Waals surface area (Å²) in [5.41, 5.74) is 1.46. The second-order valence-electron chi connectivity index (χ2n) is 3.97. The van der Waals surface area contributed by atoms with Crippen LogP contribution >= 0.6 is 11.6 Å². The van der Waals surface area contributed by atoms with E-state index in [-0.39, 0.29) is 5.91 Å². The highest BCUT2D eigenvalue weighted by atomic mass is 35.5. The topological polar surface area (TPSA) is 51.2 Å². The summed E-state index contributed by atoms with van der Waals surface area (Å²) in [6.07, 6.45) is 4.66. The Bertz CT molecular complexity index is 624. The highest BCUT2D eigenvalue weighted by Crippen LogP contribution is 2.13. The summed E-state index contributed by atoms with van der Waals surface area (Å²) >= 11 is 5.86. The lowest BCUT2D eigenvalue weighted by Gasteiger charge is -2.02. The van der Waals surface area contributed by atoms with Crippen molar-refractivity contribution in [2.45, 2.75) is 0 Å². The first-order valence-corrected chi connectivity index (χ1v) is 6.30. The second-order valence-corrected chi connectivity index (χ2v) is 4.40. The van der Waals surface area contributed by atoms with Gasteiger partial charge in [-0.2, -0.15) is 0 Å². The largest absolute Gasteiger partial charge is 0.481 e. The van der Waals surface area contributed by atoms with E-state index >= 15 is 0 Å². The Hall–Kier alpha value is -2.33. The Morgan fingerprint density at radius 1 is 1.35 bits per heavy atom. The number of carbonyl (C=O) groups is 1. The predicted molar refractivity (Wildman–Crippen MR) is 79.9 cm³/mol. The van der Waals surface area contributed by atoms with Crippen molar-refractivity contribution in [2.75, 3.05) is 12.4 Å². The van der Waals surface area contributed by atoms with Crippen molar-refractivity contribution in [1.29, 1.82) is 0 Å². The molecule has 2 aromatic rings. The smallest absolute Gasteiger partial charge is 0.248 e. The van der Waals surface area contributed by atoms with Crippen LogP contribution in [0.3, 0.4) is 0 Å². The molecular weight excluding hydrogens is 276 g/mol. The third-order valence-electron chi connectivity index (χ3n) is 2.49. The number of nitrogens with zero attached hydrogens (tertiary/aromatic N) is 1. The van der Waals surface area contributed by atoms with Gasteiger partial charge in [0.1, 0.15) is 0 Å². The summed E-state index contributed by atoms with van der Waals surface area (Å²) < 4.78 is 4.94. The van der Waals surface area contributed by atoms with Gasteiger partial charge in [0.25, 0.3) is 0 Å². The number of amides is 1. The average Bonchev–Trinajstić information content (AvgIpc) is 2.46. The molecule has 0 aliphatic carbocycles. The Balaban J connectivity index is 1.98. The number of methoxy groups -OCH3 is 1. The number of rotatable bonds is 4. The van der Waals surface area contributed by atoms with Crippen LogP contribution in [0.5, 0.6) is 5.88 Å². The monoisotopic (exact) mass is 288 g/mol. The molecule has 0 fully saturated rings. The van der Waals surface area contributed by atoms with Crippen LogP contribution in [-0.2, 0) is 4.79 Å². The predicted octanol–water partition coefficient (Wildman–Crippen LogP) is 3.40. The fourth-order valence-corrected chi connectivity index (χ4v) is 1.74. The third-order valence-corrected chi connectivity index (χ3v) is 2.72. The van der Waals surface area contributed by atoms with E-state index in [2.05, 4.69) is 10.3 Å². The summed E-state index contributed by atoms with van der Waals surface area (Å²) in [5.74, 6) is 0.259. The second kappa shape index (κ2) is 6.73. The fourth-order valence-electron chi connectivity index (χ4n) is 1.54. The maximum absolute atomic E-state index is 11.7. The SMILES string of the molecule is COc1ccc(NC(=O)/C=C/c2cccc(Cl)c2)cn1. The van der Waals surface area contributed by atoms with Crippen molar-refractivity contribution < 1.29 is 9.53 Å². The molecule has 1 N–H and O–H groups in total. The van der Waals surface area contributed by atoms with Crippen molar-refractivity contribution in [3.63, 3.8) is 0 Å². The first-order chi connectivity index (χ1) is 9.67. The van der Waals surface area contributed by atoms with Crippen LogP contribution < -0.4 is 10.1 Å². The molecule has 0 saturated carbocycles. The number of hydrogen-bond donors (Lipinski definition) is 1. The maximum atomic E-state index is 11.7. The van der Waals surface area contributed by atoms with Crippen LogP contribution in [0, 0.1) is 0 Å². The van der Waals surface area contributed by atoms with E-state index in [1.54, 1.807) is 30.3 Å². The number of carbonyl (C=O) groups excluding carboxylic acids is 1. The molecule has 0 aliphatic rings. The molecule has 2 rings (SSSR count). The van der Waals surface area contributed by atoms with Gasteiger partial charge in [-0.1, -0.05) is 23.7 Å². The first kappa shape index (κ1) is 14.1. The molecule has 5 heteroatoms. The van der Waals surface area contributed by atoms with E-state index in [0.717, 1.165) is 5.56 Å². The highest BCUT2D eigenvalue weighted by molar-refractivity contribution is 6.30. The van der Waals surface area contributed by atoms with E-state index < -0.39 is 0 Å². The van der Waals surface area contributed by atoms with Gasteiger partial charge in [0.2, 0.25) is 11.8 Å². The lowest BCUT2D eigenvalue weighted by molar-refractivity contribution is -0.111. The Morgan fingerprint density at radius 2 is 2.20 bits per heavy atom. The van der Waals surface area contributed by atoms with Crippen molar-refractivity contribution >= 4 is 29.3 Å². The van der Waals surface area contributed by atoms with Gasteiger partial charge in [-0.15, -0.1) is 0 Å². The van der Waals surface area contributed by atoms with Gasteiger partial charge >= 0.3 is 0 Å². The van der Waals surface area contributed by atoms with Crippen LogP contribution in [0.4, 0.5) is 5.69 Å². The number of hydrogen-bond acceptors (Lipinski definition) is 3. The van der Waals surface area contributed by atoms with Gasteiger partial charge < -0.3 is 10.1 Å². The van der Waals surface area contributed by atoms with Crippen molar-refractivity contribution in [3.05, 3.63) is 59.3 Å². The van der Waals surface area contributed by atoms with Crippen LogP contribution in [0.25, 0.3) is 6.08 Å². The first-order valence-electron chi connectivity index (χ1n) is 5.92. The molecule has 0 saturated heterocycles. The van der Waals surface area contributed by atoms with E-state index in [1.807, 2.05) is 12.1 Å². The molecule has 0 radical (unpaired) electrons. The summed E-state index contributed by atoms with van der Waals surface area (Å²) in [6.45, 7) is 0. The molecule has 0 bridgehead atoms. The molecule has 1 amide bonds. The van der Waals surface area contributed by atoms with Crippen molar-refractivity contribution in [1.82, 2.24) is 4.98 Å². The van der Waals surface area contributed by atoms with E-state index in [9.17, 15) is 4.79 Å². The van der Waals surface area contributed by atoms with Crippen molar-refractivity contribution in [3.8, 4) is 5.88 Å². The lowest BCUT2D eigenvalue weighted by atomic mass is 10.2. The number of nitrogens with one attached hydrogen (secondary N) is 1. The van der Waals surface area contributed by atoms with E-state index in [4.69, 9.17) is 16.3 Å². The number of halogens is 1. The third kappa shape index (κ3) is 4.10.